The maximum atomic E-state index is 11.2. The Kier molecular flexibility index (Phi) is 3.47. The van der Waals surface area contributed by atoms with E-state index in [9.17, 15) is 14.9 Å². The van der Waals surface area contributed by atoms with Crippen LogP contribution in [0.15, 0.2) is 24.3 Å². The topological polar surface area (TPSA) is 60.2 Å². The summed E-state index contributed by atoms with van der Waals surface area (Å²) in [6.07, 6.45) is 1.23. The molecule has 0 aromatic heterocycles. The van der Waals surface area contributed by atoms with Gasteiger partial charge in [-0.3, -0.25) is 14.9 Å². The summed E-state index contributed by atoms with van der Waals surface area (Å²) in [5.41, 5.74) is 2.07. The van der Waals surface area contributed by atoms with Crippen LogP contribution in [0.5, 0.6) is 0 Å². The first kappa shape index (κ1) is 12.1. The Hall–Kier alpha value is -1.36. The maximum Gasteiger partial charge on any atom is 0.229 e. The van der Waals surface area contributed by atoms with Crippen molar-refractivity contribution in [2.45, 2.75) is 31.1 Å². The van der Waals surface area contributed by atoms with Gasteiger partial charge in [0.25, 0.3) is 0 Å². The Labute approximate surface area is 104 Å². The van der Waals surface area contributed by atoms with E-state index in [-0.39, 0.29) is 15.3 Å². The van der Waals surface area contributed by atoms with Gasteiger partial charge in [0.15, 0.2) is 5.12 Å². The monoisotopic (exact) mass is 251 g/mol. The van der Waals surface area contributed by atoms with E-state index >= 15 is 0 Å². The third kappa shape index (κ3) is 2.49. The van der Waals surface area contributed by atoms with E-state index in [2.05, 4.69) is 0 Å². The van der Waals surface area contributed by atoms with Crippen LogP contribution in [-0.4, -0.2) is 16.1 Å². The molecule has 2 atom stereocenters. The third-order valence-corrected chi connectivity index (χ3v) is 4.14. The molecule has 17 heavy (non-hydrogen) atoms. The molecule has 1 aliphatic rings. The zero-order chi connectivity index (χ0) is 12.4. The SMILES string of the molecule is CC(=O)S[C@H]1c2ccccc2CC[C@@H]1[N+](=O)[O-]. The number of nitro groups is 1. The number of fused-ring (bicyclic) bond motifs is 1. The Balaban J connectivity index is 2.38. The molecule has 0 unspecified atom stereocenters. The summed E-state index contributed by atoms with van der Waals surface area (Å²) in [5, 5.41) is 10.6. The zero-order valence-corrected chi connectivity index (χ0v) is 10.3. The molecule has 90 valence electrons. The molecule has 2 rings (SSSR count). The highest BCUT2D eigenvalue weighted by Crippen LogP contribution is 2.41. The Morgan fingerprint density at radius 3 is 2.82 bits per heavy atom. The van der Waals surface area contributed by atoms with Gasteiger partial charge in [-0.25, -0.2) is 0 Å². The predicted molar refractivity (Wildman–Crippen MR) is 66.6 cm³/mol. The van der Waals surface area contributed by atoms with Crippen LogP contribution in [0.3, 0.4) is 0 Å². The van der Waals surface area contributed by atoms with E-state index in [4.69, 9.17) is 0 Å². The molecule has 0 fully saturated rings. The molecule has 0 spiro atoms. The minimum Gasteiger partial charge on any atom is -0.288 e. The first-order chi connectivity index (χ1) is 8.09. The summed E-state index contributed by atoms with van der Waals surface area (Å²) in [4.78, 5) is 22.0. The van der Waals surface area contributed by atoms with Crippen molar-refractivity contribution in [3.63, 3.8) is 0 Å². The summed E-state index contributed by atoms with van der Waals surface area (Å²) in [5.74, 6) is 0. The predicted octanol–water partition coefficient (Wildman–Crippen LogP) is 2.60. The minimum atomic E-state index is -0.654. The van der Waals surface area contributed by atoms with Crippen molar-refractivity contribution in [2.75, 3.05) is 0 Å². The summed E-state index contributed by atoms with van der Waals surface area (Å²) in [6.45, 7) is 1.46. The highest BCUT2D eigenvalue weighted by molar-refractivity contribution is 8.13. The van der Waals surface area contributed by atoms with E-state index in [0.29, 0.717) is 6.42 Å². The van der Waals surface area contributed by atoms with Crippen LogP contribution in [0.1, 0.15) is 29.7 Å². The minimum absolute atomic E-state index is 0.0708. The number of carbonyl (C=O) groups excluding carboxylic acids is 1. The molecule has 0 amide bonds. The lowest BCUT2D eigenvalue weighted by Crippen LogP contribution is -2.31. The average molecular weight is 251 g/mol. The van der Waals surface area contributed by atoms with Gasteiger partial charge < -0.3 is 0 Å². The molecule has 0 aliphatic heterocycles. The largest absolute Gasteiger partial charge is 0.288 e. The lowest BCUT2D eigenvalue weighted by atomic mass is 9.88. The van der Waals surface area contributed by atoms with Gasteiger partial charge in [0.2, 0.25) is 6.04 Å². The van der Waals surface area contributed by atoms with Gasteiger partial charge in [-0.2, -0.15) is 0 Å². The number of thioether (sulfide) groups is 1. The molecule has 0 radical (unpaired) electrons. The molecule has 0 bridgehead atoms. The van der Waals surface area contributed by atoms with Crippen LogP contribution in [0.4, 0.5) is 0 Å². The van der Waals surface area contributed by atoms with Gasteiger partial charge in [-0.1, -0.05) is 36.0 Å². The number of carbonyl (C=O) groups is 1. The van der Waals surface area contributed by atoms with Crippen molar-refractivity contribution >= 4 is 16.9 Å². The van der Waals surface area contributed by atoms with Crippen LogP contribution in [-0.2, 0) is 11.2 Å². The third-order valence-electron chi connectivity index (χ3n) is 2.98. The van der Waals surface area contributed by atoms with Gasteiger partial charge in [0.1, 0.15) is 5.25 Å². The number of aryl methyl sites for hydroxylation is 1. The van der Waals surface area contributed by atoms with Crippen molar-refractivity contribution in [1.29, 1.82) is 0 Å². The van der Waals surface area contributed by atoms with E-state index in [1.54, 1.807) is 0 Å². The van der Waals surface area contributed by atoms with E-state index in [1.807, 2.05) is 24.3 Å². The van der Waals surface area contributed by atoms with Gasteiger partial charge >= 0.3 is 0 Å². The molecular formula is C12H13NO3S. The summed E-state index contributed by atoms with van der Waals surface area (Å²) in [7, 11) is 0. The Morgan fingerprint density at radius 2 is 2.18 bits per heavy atom. The van der Waals surface area contributed by atoms with Crippen LogP contribution in [0, 0.1) is 10.1 Å². The molecule has 4 nitrogen and oxygen atoms in total. The van der Waals surface area contributed by atoms with Crippen molar-refractivity contribution in [3.05, 3.63) is 45.5 Å². The molecular weight excluding hydrogens is 238 g/mol. The Bertz CT molecular complexity index is 461. The standard InChI is InChI=1S/C12H13NO3S/c1-8(14)17-12-10-5-3-2-4-9(10)6-7-11(12)13(15)16/h2-5,11-12H,6-7H2,1H3/t11-,12-/m0/s1. The number of nitrogens with zero attached hydrogens (tertiary/aromatic N) is 1. The van der Waals surface area contributed by atoms with Crippen LogP contribution >= 0.6 is 11.8 Å². The second-order valence-electron chi connectivity index (χ2n) is 4.12. The smallest absolute Gasteiger partial charge is 0.229 e. The molecule has 0 saturated heterocycles. The van der Waals surface area contributed by atoms with Crippen LogP contribution in [0.2, 0.25) is 0 Å². The number of rotatable bonds is 2. The van der Waals surface area contributed by atoms with Crippen molar-refractivity contribution in [3.8, 4) is 0 Å². The lowest BCUT2D eigenvalue weighted by Gasteiger charge is -2.26. The summed E-state index contributed by atoms with van der Waals surface area (Å²) < 4.78 is 0. The fourth-order valence-corrected chi connectivity index (χ4v) is 3.35. The molecule has 1 aromatic rings. The molecule has 5 heteroatoms. The van der Waals surface area contributed by atoms with E-state index in [0.717, 1.165) is 29.3 Å². The molecule has 0 saturated carbocycles. The zero-order valence-electron chi connectivity index (χ0n) is 9.46. The highest BCUT2D eigenvalue weighted by atomic mass is 32.2. The summed E-state index contributed by atoms with van der Waals surface area (Å²) >= 11 is 1.07. The van der Waals surface area contributed by atoms with Crippen molar-refractivity contribution in [2.24, 2.45) is 0 Å². The molecule has 1 aromatic carbocycles. The van der Waals surface area contributed by atoms with Crippen LogP contribution < -0.4 is 0 Å². The van der Waals surface area contributed by atoms with E-state index in [1.165, 1.54) is 6.92 Å². The molecule has 1 aliphatic carbocycles. The summed E-state index contributed by atoms with van der Waals surface area (Å²) in [6, 6.07) is 7.03. The highest BCUT2D eigenvalue weighted by Gasteiger charge is 2.38. The quantitative estimate of drug-likeness (QED) is 0.598. The van der Waals surface area contributed by atoms with Gasteiger partial charge in [0, 0.05) is 18.3 Å². The molecule has 0 heterocycles. The number of benzene rings is 1. The van der Waals surface area contributed by atoms with Gasteiger partial charge in [0.05, 0.1) is 0 Å². The first-order valence-electron chi connectivity index (χ1n) is 5.48. The van der Waals surface area contributed by atoms with Gasteiger partial charge in [-0.05, 0) is 17.5 Å². The van der Waals surface area contributed by atoms with Crippen molar-refractivity contribution < 1.29 is 9.72 Å². The maximum absolute atomic E-state index is 11.2. The fourth-order valence-electron chi connectivity index (χ4n) is 2.24. The second-order valence-corrected chi connectivity index (χ2v) is 5.44. The van der Waals surface area contributed by atoms with Gasteiger partial charge in [-0.15, -0.1) is 0 Å². The van der Waals surface area contributed by atoms with Crippen molar-refractivity contribution in [1.82, 2.24) is 0 Å². The number of hydrogen-bond donors (Lipinski definition) is 0. The van der Waals surface area contributed by atoms with Crippen LogP contribution in [0.25, 0.3) is 0 Å². The number of hydrogen-bond acceptors (Lipinski definition) is 4. The lowest BCUT2D eigenvalue weighted by molar-refractivity contribution is -0.524. The fraction of sp³-hybridized carbons (Fsp3) is 0.417. The average Bonchev–Trinajstić information content (AvgIpc) is 2.28. The second kappa shape index (κ2) is 4.87. The normalized spacial score (nSPS) is 22.9. The first-order valence-corrected chi connectivity index (χ1v) is 6.36. The molecule has 0 N–H and O–H groups in total. The Morgan fingerprint density at radius 1 is 1.47 bits per heavy atom. The van der Waals surface area contributed by atoms with E-state index < -0.39 is 6.04 Å².